The fourth-order valence-electron chi connectivity index (χ4n) is 1.91. The van der Waals surface area contributed by atoms with Crippen molar-refractivity contribution in [2.45, 2.75) is 50.7 Å². The number of carboxylic acid groups (broad SMARTS) is 1. The standard InChI is InChI=1S/C13H19NO4/c1-2-5-11(13(16)17)14-12(15)8-7-10-6-3-4-9-18-10/h1,10-11H,3-9H2,(H,14,15)(H,16,17). The zero-order valence-corrected chi connectivity index (χ0v) is 10.4. The lowest BCUT2D eigenvalue weighted by Gasteiger charge is -2.22. The van der Waals surface area contributed by atoms with E-state index in [1.54, 1.807) is 0 Å². The maximum atomic E-state index is 11.6. The van der Waals surface area contributed by atoms with Gasteiger partial charge >= 0.3 is 5.97 Å². The third-order valence-corrected chi connectivity index (χ3v) is 2.92. The van der Waals surface area contributed by atoms with Crippen LogP contribution in [-0.2, 0) is 14.3 Å². The van der Waals surface area contributed by atoms with Gasteiger partial charge in [-0.2, -0.15) is 0 Å². The van der Waals surface area contributed by atoms with Crippen LogP contribution >= 0.6 is 0 Å². The molecule has 1 aliphatic heterocycles. The molecule has 1 fully saturated rings. The number of ether oxygens (including phenoxy) is 1. The van der Waals surface area contributed by atoms with Gasteiger partial charge in [-0.3, -0.25) is 4.79 Å². The van der Waals surface area contributed by atoms with E-state index in [4.69, 9.17) is 16.3 Å². The molecule has 2 N–H and O–H groups in total. The van der Waals surface area contributed by atoms with Crippen molar-refractivity contribution in [3.63, 3.8) is 0 Å². The average Bonchev–Trinajstić information content (AvgIpc) is 2.37. The number of rotatable bonds is 6. The SMILES string of the molecule is C#CCC(NC(=O)CCC1CCCCO1)C(=O)O. The Morgan fingerprint density at radius 1 is 1.50 bits per heavy atom. The second-order valence-electron chi connectivity index (χ2n) is 4.39. The summed E-state index contributed by atoms with van der Waals surface area (Å²) in [5.74, 6) is 0.853. The van der Waals surface area contributed by atoms with Crippen molar-refractivity contribution in [3.8, 4) is 12.3 Å². The molecule has 0 bridgehead atoms. The molecule has 0 aromatic rings. The monoisotopic (exact) mass is 253 g/mol. The number of hydrogen-bond donors (Lipinski definition) is 2. The highest BCUT2D eigenvalue weighted by molar-refractivity contribution is 5.83. The Hall–Kier alpha value is -1.54. The number of amides is 1. The predicted molar refractivity (Wildman–Crippen MR) is 65.8 cm³/mol. The lowest BCUT2D eigenvalue weighted by molar-refractivity contribution is -0.141. The highest BCUT2D eigenvalue weighted by Gasteiger charge is 2.20. The second kappa shape index (κ2) is 7.72. The largest absolute Gasteiger partial charge is 0.480 e. The third-order valence-electron chi connectivity index (χ3n) is 2.92. The number of carbonyl (C=O) groups excluding carboxylic acids is 1. The van der Waals surface area contributed by atoms with E-state index >= 15 is 0 Å². The summed E-state index contributed by atoms with van der Waals surface area (Å²) in [6.07, 6.45) is 9.26. The van der Waals surface area contributed by atoms with Crippen molar-refractivity contribution < 1.29 is 19.4 Å². The number of carbonyl (C=O) groups is 2. The van der Waals surface area contributed by atoms with Crippen LogP contribution in [0.5, 0.6) is 0 Å². The molecule has 1 amide bonds. The minimum Gasteiger partial charge on any atom is -0.480 e. The van der Waals surface area contributed by atoms with E-state index < -0.39 is 12.0 Å². The minimum absolute atomic E-state index is 0.000994. The van der Waals surface area contributed by atoms with Gasteiger partial charge in [-0.15, -0.1) is 12.3 Å². The molecule has 0 aromatic heterocycles. The molecule has 0 aromatic carbocycles. The maximum absolute atomic E-state index is 11.6. The number of nitrogens with one attached hydrogen (secondary N) is 1. The Kier molecular flexibility index (Phi) is 6.23. The van der Waals surface area contributed by atoms with Crippen LogP contribution in [0.1, 0.15) is 38.5 Å². The molecule has 2 unspecified atom stereocenters. The first kappa shape index (κ1) is 14.5. The van der Waals surface area contributed by atoms with Gasteiger partial charge in [0.15, 0.2) is 0 Å². The van der Waals surface area contributed by atoms with Crippen molar-refractivity contribution in [1.29, 1.82) is 0 Å². The van der Waals surface area contributed by atoms with Crippen molar-refractivity contribution >= 4 is 11.9 Å². The van der Waals surface area contributed by atoms with E-state index in [9.17, 15) is 9.59 Å². The fraction of sp³-hybridized carbons (Fsp3) is 0.692. The van der Waals surface area contributed by atoms with Gasteiger partial charge in [0.1, 0.15) is 6.04 Å². The molecular formula is C13H19NO4. The predicted octanol–water partition coefficient (Wildman–Crippen LogP) is 0.928. The quantitative estimate of drug-likeness (QED) is 0.690. The van der Waals surface area contributed by atoms with Gasteiger partial charge in [0.2, 0.25) is 5.91 Å². The van der Waals surface area contributed by atoms with E-state index in [-0.39, 0.29) is 24.9 Å². The number of terminal acetylenes is 1. The van der Waals surface area contributed by atoms with E-state index in [2.05, 4.69) is 11.2 Å². The summed E-state index contributed by atoms with van der Waals surface area (Å²) in [6.45, 7) is 0.751. The van der Waals surface area contributed by atoms with Gasteiger partial charge in [-0.25, -0.2) is 4.79 Å². The van der Waals surface area contributed by atoms with Crippen LogP contribution in [0.2, 0.25) is 0 Å². The molecule has 18 heavy (non-hydrogen) atoms. The molecule has 1 rings (SSSR count). The van der Waals surface area contributed by atoms with Crippen molar-refractivity contribution in [1.82, 2.24) is 5.32 Å². The number of aliphatic carboxylic acids is 1. The van der Waals surface area contributed by atoms with Crippen LogP contribution in [0, 0.1) is 12.3 Å². The first-order valence-electron chi connectivity index (χ1n) is 6.20. The molecule has 100 valence electrons. The highest BCUT2D eigenvalue weighted by atomic mass is 16.5. The van der Waals surface area contributed by atoms with Crippen molar-refractivity contribution in [3.05, 3.63) is 0 Å². The zero-order chi connectivity index (χ0) is 13.4. The molecule has 1 saturated heterocycles. The first-order valence-corrected chi connectivity index (χ1v) is 6.20. The maximum Gasteiger partial charge on any atom is 0.327 e. The van der Waals surface area contributed by atoms with Gasteiger partial charge in [0, 0.05) is 19.4 Å². The Morgan fingerprint density at radius 3 is 2.83 bits per heavy atom. The summed E-state index contributed by atoms with van der Waals surface area (Å²) in [7, 11) is 0. The summed E-state index contributed by atoms with van der Waals surface area (Å²) in [5, 5.41) is 11.3. The van der Waals surface area contributed by atoms with Gasteiger partial charge in [0.05, 0.1) is 6.10 Å². The molecule has 0 aliphatic carbocycles. The number of carboxylic acids is 1. The molecule has 5 heteroatoms. The summed E-state index contributed by atoms with van der Waals surface area (Å²) < 4.78 is 5.50. The van der Waals surface area contributed by atoms with Crippen LogP contribution in [0.25, 0.3) is 0 Å². The topological polar surface area (TPSA) is 75.6 Å². The van der Waals surface area contributed by atoms with E-state index in [0.717, 1.165) is 25.9 Å². The van der Waals surface area contributed by atoms with Gasteiger partial charge in [-0.05, 0) is 25.7 Å². The second-order valence-corrected chi connectivity index (χ2v) is 4.39. The molecule has 1 aliphatic rings. The summed E-state index contributed by atoms with van der Waals surface area (Å²) in [5.41, 5.74) is 0. The lowest BCUT2D eigenvalue weighted by Crippen LogP contribution is -2.40. The smallest absolute Gasteiger partial charge is 0.327 e. The molecule has 0 spiro atoms. The number of hydrogen-bond acceptors (Lipinski definition) is 3. The fourth-order valence-corrected chi connectivity index (χ4v) is 1.91. The van der Waals surface area contributed by atoms with Crippen molar-refractivity contribution in [2.75, 3.05) is 6.61 Å². The summed E-state index contributed by atoms with van der Waals surface area (Å²) in [6, 6.07) is -0.991. The lowest BCUT2D eigenvalue weighted by atomic mass is 10.0. The third kappa shape index (κ3) is 5.19. The Labute approximate surface area is 107 Å². The molecule has 5 nitrogen and oxygen atoms in total. The zero-order valence-electron chi connectivity index (χ0n) is 10.4. The van der Waals surface area contributed by atoms with Gasteiger partial charge < -0.3 is 15.2 Å². The Bertz CT molecular complexity index is 328. The minimum atomic E-state index is -1.10. The van der Waals surface area contributed by atoms with Crippen molar-refractivity contribution in [2.24, 2.45) is 0 Å². The summed E-state index contributed by atoms with van der Waals surface area (Å²) in [4.78, 5) is 22.4. The highest BCUT2D eigenvalue weighted by Crippen LogP contribution is 2.16. The van der Waals surface area contributed by atoms with Crippen LogP contribution in [0.4, 0.5) is 0 Å². The molecule has 0 saturated carbocycles. The van der Waals surface area contributed by atoms with Crippen LogP contribution in [0.15, 0.2) is 0 Å². The van der Waals surface area contributed by atoms with E-state index in [1.165, 1.54) is 0 Å². The molecule has 0 radical (unpaired) electrons. The molecule has 1 heterocycles. The summed E-state index contributed by atoms with van der Waals surface area (Å²) >= 11 is 0. The van der Waals surface area contributed by atoms with E-state index in [0.29, 0.717) is 6.42 Å². The first-order chi connectivity index (χ1) is 8.63. The van der Waals surface area contributed by atoms with Gasteiger partial charge in [-0.1, -0.05) is 0 Å². The van der Waals surface area contributed by atoms with Gasteiger partial charge in [0.25, 0.3) is 0 Å². The van der Waals surface area contributed by atoms with Crippen LogP contribution in [0.3, 0.4) is 0 Å². The van der Waals surface area contributed by atoms with E-state index in [1.807, 2.05) is 0 Å². The normalized spacial score (nSPS) is 20.7. The Morgan fingerprint density at radius 2 is 2.28 bits per heavy atom. The molecular weight excluding hydrogens is 234 g/mol. The van der Waals surface area contributed by atoms with Crippen LogP contribution < -0.4 is 5.32 Å². The molecule has 2 atom stereocenters. The average molecular weight is 253 g/mol. The Balaban J connectivity index is 2.27. The van der Waals surface area contributed by atoms with Crippen LogP contribution in [-0.4, -0.2) is 35.7 Å².